The van der Waals surface area contributed by atoms with E-state index in [0.29, 0.717) is 0 Å². The third-order valence-electron chi connectivity index (χ3n) is 2.39. The molecule has 0 radical (unpaired) electrons. The van der Waals surface area contributed by atoms with E-state index >= 15 is 0 Å². The van der Waals surface area contributed by atoms with Crippen LogP contribution in [0.5, 0.6) is 0 Å². The highest BCUT2D eigenvalue weighted by atomic mass is 16.7. The minimum Gasteiger partial charge on any atom is -0.388 e. The summed E-state index contributed by atoms with van der Waals surface area (Å²) in [5, 5.41) is 9.80. The fourth-order valence-corrected chi connectivity index (χ4v) is 1.63. The van der Waals surface area contributed by atoms with Gasteiger partial charge in [-0.1, -0.05) is 0 Å². The van der Waals surface area contributed by atoms with Gasteiger partial charge in [-0.2, -0.15) is 0 Å². The van der Waals surface area contributed by atoms with Crippen LogP contribution >= 0.6 is 0 Å². The summed E-state index contributed by atoms with van der Waals surface area (Å²) in [5.74, 6) is 0. The Labute approximate surface area is 100 Å². The van der Waals surface area contributed by atoms with Crippen molar-refractivity contribution in [3.05, 3.63) is 0 Å². The molecule has 0 aliphatic carbocycles. The van der Waals surface area contributed by atoms with Gasteiger partial charge in [0.1, 0.15) is 31.9 Å². The van der Waals surface area contributed by atoms with Gasteiger partial charge in [0, 0.05) is 21.3 Å². The van der Waals surface area contributed by atoms with Crippen molar-refractivity contribution in [1.82, 2.24) is 0 Å². The Morgan fingerprint density at radius 3 is 2.18 bits per heavy atom. The van der Waals surface area contributed by atoms with Gasteiger partial charge in [-0.15, -0.1) is 0 Å². The van der Waals surface area contributed by atoms with Crippen molar-refractivity contribution in [3.8, 4) is 0 Å². The van der Waals surface area contributed by atoms with E-state index in [2.05, 4.69) is 0 Å². The molecule has 1 aliphatic heterocycles. The summed E-state index contributed by atoms with van der Waals surface area (Å²) >= 11 is 0. The molecule has 1 heterocycles. The lowest BCUT2D eigenvalue weighted by Crippen LogP contribution is -2.56. The van der Waals surface area contributed by atoms with E-state index in [-0.39, 0.29) is 20.2 Å². The summed E-state index contributed by atoms with van der Waals surface area (Å²) in [7, 11) is 4.51. The van der Waals surface area contributed by atoms with Gasteiger partial charge in [-0.25, -0.2) is 0 Å². The SMILES string of the molecule is COCO[C@@H]1[C@@H](OCOC)[C@@H](OC)OC[C@@H]1O. The zero-order chi connectivity index (χ0) is 12.7. The molecule has 1 fully saturated rings. The molecule has 0 bridgehead atoms. The van der Waals surface area contributed by atoms with Gasteiger partial charge >= 0.3 is 0 Å². The summed E-state index contributed by atoms with van der Waals surface area (Å²) < 4.78 is 30.8. The summed E-state index contributed by atoms with van der Waals surface area (Å²) in [6, 6.07) is 0. The molecule has 1 aliphatic rings. The zero-order valence-electron chi connectivity index (χ0n) is 10.3. The highest BCUT2D eigenvalue weighted by Crippen LogP contribution is 2.22. The molecule has 0 spiro atoms. The van der Waals surface area contributed by atoms with Crippen molar-refractivity contribution in [2.45, 2.75) is 24.6 Å². The molecule has 1 N–H and O–H groups in total. The number of hydrogen-bond donors (Lipinski definition) is 1. The van der Waals surface area contributed by atoms with Crippen LogP contribution in [0.2, 0.25) is 0 Å². The van der Waals surface area contributed by atoms with Crippen molar-refractivity contribution in [2.75, 3.05) is 41.5 Å². The Bertz CT molecular complexity index is 201. The van der Waals surface area contributed by atoms with E-state index in [0.717, 1.165) is 0 Å². The Hall–Kier alpha value is -0.280. The smallest absolute Gasteiger partial charge is 0.186 e. The molecule has 1 saturated heterocycles. The van der Waals surface area contributed by atoms with E-state index in [1.165, 1.54) is 21.3 Å². The first-order chi connectivity index (χ1) is 8.24. The van der Waals surface area contributed by atoms with E-state index in [9.17, 15) is 5.11 Å². The Balaban J connectivity index is 2.61. The average molecular weight is 252 g/mol. The first kappa shape index (κ1) is 14.8. The number of rotatable bonds is 7. The second-order valence-electron chi connectivity index (χ2n) is 3.58. The predicted molar refractivity (Wildman–Crippen MR) is 56.3 cm³/mol. The molecule has 0 aromatic heterocycles. The van der Waals surface area contributed by atoms with Crippen LogP contribution < -0.4 is 0 Å². The van der Waals surface area contributed by atoms with Crippen LogP contribution in [-0.4, -0.2) is 71.2 Å². The van der Waals surface area contributed by atoms with Crippen molar-refractivity contribution in [2.24, 2.45) is 0 Å². The molecule has 102 valence electrons. The minimum absolute atomic E-state index is 0.0605. The van der Waals surface area contributed by atoms with Gasteiger partial charge in [0.25, 0.3) is 0 Å². The van der Waals surface area contributed by atoms with E-state index in [4.69, 9.17) is 28.4 Å². The number of aliphatic hydroxyl groups is 1. The summed E-state index contributed by atoms with van der Waals surface area (Å²) in [6.45, 7) is 0.248. The van der Waals surface area contributed by atoms with Gasteiger partial charge in [-0.05, 0) is 0 Å². The largest absolute Gasteiger partial charge is 0.388 e. The zero-order valence-corrected chi connectivity index (χ0v) is 10.3. The maximum Gasteiger partial charge on any atom is 0.186 e. The minimum atomic E-state index is -0.793. The molecule has 0 aromatic carbocycles. The van der Waals surface area contributed by atoms with Crippen LogP contribution in [0.4, 0.5) is 0 Å². The molecule has 7 nitrogen and oxygen atoms in total. The van der Waals surface area contributed by atoms with Gasteiger partial charge < -0.3 is 33.5 Å². The summed E-state index contributed by atoms with van der Waals surface area (Å²) in [4.78, 5) is 0. The fourth-order valence-electron chi connectivity index (χ4n) is 1.63. The first-order valence-electron chi connectivity index (χ1n) is 5.28. The van der Waals surface area contributed by atoms with Crippen molar-refractivity contribution in [3.63, 3.8) is 0 Å². The highest BCUT2D eigenvalue weighted by Gasteiger charge is 2.41. The number of methoxy groups -OCH3 is 3. The van der Waals surface area contributed by atoms with Gasteiger partial charge in [0.15, 0.2) is 6.29 Å². The third-order valence-corrected chi connectivity index (χ3v) is 2.39. The van der Waals surface area contributed by atoms with Crippen molar-refractivity contribution >= 4 is 0 Å². The Kier molecular flexibility index (Phi) is 6.90. The van der Waals surface area contributed by atoms with Crippen LogP contribution in [0.3, 0.4) is 0 Å². The van der Waals surface area contributed by atoms with Gasteiger partial charge in [-0.3, -0.25) is 0 Å². The van der Waals surface area contributed by atoms with Crippen LogP contribution in [0, 0.1) is 0 Å². The monoisotopic (exact) mass is 252 g/mol. The molecule has 17 heavy (non-hydrogen) atoms. The Morgan fingerprint density at radius 1 is 1.06 bits per heavy atom. The van der Waals surface area contributed by atoms with Crippen LogP contribution in [-0.2, 0) is 28.4 Å². The maximum absolute atomic E-state index is 9.80. The lowest BCUT2D eigenvalue weighted by Gasteiger charge is -2.39. The molecule has 0 unspecified atom stereocenters. The maximum atomic E-state index is 9.80. The molecule has 4 atom stereocenters. The molecular formula is C10H20O7. The molecule has 1 rings (SSSR count). The topological polar surface area (TPSA) is 75.6 Å². The summed E-state index contributed by atoms with van der Waals surface area (Å²) in [6.07, 6.45) is -2.54. The predicted octanol–water partition coefficient (Wildman–Crippen LogP) is -0.672. The van der Waals surface area contributed by atoms with E-state index in [1.807, 2.05) is 0 Å². The molecule has 0 amide bonds. The lowest BCUT2D eigenvalue weighted by molar-refractivity contribution is -0.301. The highest BCUT2D eigenvalue weighted by molar-refractivity contribution is 4.85. The van der Waals surface area contributed by atoms with Crippen molar-refractivity contribution in [1.29, 1.82) is 0 Å². The van der Waals surface area contributed by atoms with Crippen LogP contribution in [0.15, 0.2) is 0 Å². The quantitative estimate of drug-likeness (QED) is 0.602. The normalized spacial score (nSPS) is 33.9. The second-order valence-corrected chi connectivity index (χ2v) is 3.58. The fraction of sp³-hybridized carbons (Fsp3) is 1.00. The average Bonchev–Trinajstić information content (AvgIpc) is 2.35. The van der Waals surface area contributed by atoms with Crippen LogP contribution in [0.1, 0.15) is 0 Å². The lowest BCUT2D eigenvalue weighted by atomic mass is 10.1. The van der Waals surface area contributed by atoms with E-state index < -0.39 is 24.6 Å². The Morgan fingerprint density at radius 2 is 1.65 bits per heavy atom. The van der Waals surface area contributed by atoms with Crippen molar-refractivity contribution < 1.29 is 33.5 Å². The second kappa shape index (κ2) is 7.93. The van der Waals surface area contributed by atoms with E-state index in [1.54, 1.807) is 0 Å². The number of hydrogen-bond acceptors (Lipinski definition) is 7. The molecular weight excluding hydrogens is 232 g/mol. The summed E-state index contributed by atoms with van der Waals surface area (Å²) in [5.41, 5.74) is 0. The molecule has 0 aromatic rings. The number of aliphatic hydroxyl groups excluding tert-OH is 1. The van der Waals surface area contributed by atoms with Gasteiger partial charge in [0.05, 0.1) is 6.61 Å². The first-order valence-corrected chi connectivity index (χ1v) is 5.28. The molecule has 0 saturated carbocycles. The third kappa shape index (κ3) is 4.14. The molecule has 7 heteroatoms. The number of ether oxygens (including phenoxy) is 6. The standard InChI is InChI=1S/C10H20O7/c1-12-5-16-8-7(11)4-15-10(14-3)9(8)17-6-13-2/h7-11H,4-6H2,1-3H3/t7-,8-,9+,10-/m0/s1. The van der Waals surface area contributed by atoms with Gasteiger partial charge in [0.2, 0.25) is 0 Å². The van der Waals surface area contributed by atoms with Crippen LogP contribution in [0.25, 0.3) is 0 Å².